The summed E-state index contributed by atoms with van der Waals surface area (Å²) in [4.78, 5) is 14.1. The highest BCUT2D eigenvalue weighted by molar-refractivity contribution is 7.89. The van der Waals surface area contributed by atoms with Gasteiger partial charge in [-0.2, -0.15) is 0 Å². The number of amides is 1. The molecule has 21 heavy (non-hydrogen) atoms. The van der Waals surface area contributed by atoms with Crippen LogP contribution >= 0.6 is 0 Å². The fourth-order valence-corrected chi connectivity index (χ4v) is 3.53. The molecule has 0 saturated carbocycles. The van der Waals surface area contributed by atoms with Crippen LogP contribution in [0, 0.1) is 6.92 Å². The van der Waals surface area contributed by atoms with Crippen molar-refractivity contribution in [2.75, 3.05) is 19.6 Å². The maximum atomic E-state index is 12.2. The fourth-order valence-electron chi connectivity index (χ4n) is 2.45. The average molecular weight is 310 g/mol. The van der Waals surface area contributed by atoms with Gasteiger partial charge in [-0.1, -0.05) is 25.0 Å². The summed E-state index contributed by atoms with van der Waals surface area (Å²) in [5, 5.41) is 0. The average Bonchev–Trinajstić information content (AvgIpc) is 2.74. The van der Waals surface area contributed by atoms with Gasteiger partial charge in [0, 0.05) is 13.1 Å². The second-order valence-electron chi connectivity index (χ2n) is 5.44. The number of likely N-dealkylation sites (tertiary alicyclic amines) is 1. The Morgan fingerprint density at radius 1 is 1.19 bits per heavy atom. The lowest BCUT2D eigenvalue weighted by Crippen LogP contribution is -2.40. The molecule has 0 atom stereocenters. The minimum absolute atomic E-state index is 0.145. The van der Waals surface area contributed by atoms with Crippen LogP contribution in [0.15, 0.2) is 29.2 Å². The number of sulfonamides is 1. The molecule has 1 heterocycles. The maximum absolute atomic E-state index is 12.2. The van der Waals surface area contributed by atoms with Crippen LogP contribution in [0.25, 0.3) is 0 Å². The topological polar surface area (TPSA) is 66.5 Å². The highest BCUT2D eigenvalue weighted by Gasteiger charge is 2.19. The van der Waals surface area contributed by atoms with Crippen LogP contribution in [0.1, 0.15) is 31.2 Å². The molecule has 1 aliphatic rings. The van der Waals surface area contributed by atoms with E-state index in [2.05, 4.69) is 4.72 Å². The summed E-state index contributed by atoms with van der Waals surface area (Å²) in [7, 11) is -3.62. The van der Waals surface area contributed by atoms with E-state index in [-0.39, 0.29) is 17.3 Å². The Balaban J connectivity index is 1.96. The SMILES string of the molecule is Cc1cccc(S(=O)(=O)NCC(=O)N2CCCCCC2)c1. The molecule has 0 bridgehead atoms. The van der Waals surface area contributed by atoms with Crippen LogP contribution in [-0.2, 0) is 14.8 Å². The summed E-state index contributed by atoms with van der Waals surface area (Å²) in [5.41, 5.74) is 0.872. The molecule has 0 aliphatic carbocycles. The zero-order valence-corrected chi connectivity index (χ0v) is 13.2. The molecule has 0 spiro atoms. The predicted molar refractivity (Wildman–Crippen MR) is 81.4 cm³/mol. The number of carbonyl (C=O) groups is 1. The number of nitrogens with zero attached hydrogens (tertiary/aromatic N) is 1. The van der Waals surface area contributed by atoms with E-state index in [0.717, 1.165) is 44.3 Å². The first-order valence-electron chi connectivity index (χ1n) is 7.33. The van der Waals surface area contributed by atoms with Gasteiger partial charge >= 0.3 is 0 Å². The van der Waals surface area contributed by atoms with Crippen LogP contribution < -0.4 is 4.72 Å². The summed E-state index contributed by atoms with van der Waals surface area (Å²) < 4.78 is 26.7. The van der Waals surface area contributed by atoms with Crippen molar-refractivity contribution in [1.29, 1.82) is 0 Å². The number of rotatable bonds is 4. The molecule has 1 N–H and O–H groups in total. The summed E-state index contributed by atoms with van der Waals surface area (Å²) in [5.74, 6) is -0.145. The zero-order chi connectivity index (χ0) is 15.3. The summed E-state index contributed by atoms with van der Waals surface area (Å²) in [6.07, 6.45) is 4.27. The smallest absolute Gasteiger partial charge is 0.241 e. The van der Waals surface area contributed by atoms with Gasteiger partial charge in [0.1, 0.15) is 0 Å². The lowest BCUT2D eigenvalue weighted by Gasteiger charge is -2.20. The van der Waals surface area contributed by atoms with Gasteiger partial charge in [-0.25, -0.2) is 13.1 Å². The first-order chi connectivity index (χ1) is 9.99. The minimum atomic E-state index is -3.62. The Morgan fingerprint density at radius 3 is 2.48 bits per heavy atom. The van der Waals surface area contributed by atoms with Crippen LogP contribution in [0.5, 0.6) is 0 Å². The van der Waals surface area contributed by atoms with E-state index < -0.39 is 10.0 Å². The molecule has 1 aromatic rings. The van der Waals surface area contributed by atoms with E-state index in [1.807, 2.05) is 13.0 Å². The van der Waals surface area contributed by atoms with Crippen molar-refractivity contribution in [3.05, 3.63) is 29.8 Å². The van der Waals surface area contributed by atoms with E-state index in [1.165, 1.54) is 6.07 Å². The lowest BCUT2D eigenvalue weighted by molar-refractivity contribution is -0.129. The largest absolute Gasteiger partial charge is 0.342 e. The number of benzene rings is 1. The molecule has 1 aromatic carbocycles. The number of hydrogen-bond acceptors (Lipinski definition) is 3. The van der Waals surface area contributed by atoms with Gasteiger partial charge in [-0.05, 0) is 37.5 Å². The third kappa shape index (κ3) is 4.54. The highest BCUT2D eigenvalue weighted by atomic mass is 32.2. The van der Waals surface area contributed by atoms with Crippen molar-refractivity contribution >= 4 is 15.9 Å². The van der Waals surface area contributed by atoms with Crippen LogP contribution in [0.2, 0.25) is 0 Å². The number of nitrogens with one attached hydrogen (secondary N) is 1. The van der Waals surface area contributed by atoms with Gasteiger partial charge in [0.15, 0.2) is 0 Å². The second-order valence-corrected chi connectivity index (χ2v) is 7.20. The van der Waals surface area contributed by atoms with Gasteiger partial charge in [0.25, 0.3) is 0 Å². The molecule has 6 heteroatoms. The Bertz CT molecular complexity index is 591. The van der Waals surface area contributed by atoms with E-state index in [1.54, 1.807) is 17.0 Å². The third-order valence-corrected chi connectivity index (χ3v) is 5.07. The fraction of sp³-hybridized carbons (Fsp3) is 0.533. The normalized spacial score (nSPS) is 16.5. The zero-order valence-electron chi connectivity index (χ0n) is 12.3. The second kappa shape index (κ2) is 7.04. The first kappa shape index (κ1) is 16.0. The predicted octanol–water partition coefficient (Wildman–Crippen LogP) is 1.68. The van der Waals surface area contributed by atoms with Crippen molar-refractivity contribution < 1.29 is 13.2 Å². The molecule has 1 aliphatic heterocycles. The molecule has 1 amide bonds. The van der Waals surface area contributed by atoms with Gasteiger partial charge in [-0.15, -0.1) is 0 Å². The molecule has 116 valence electrons. The molecule has 5 nitrogen and oxygen atoms in total. The molecule has 1 saturated heterocycles. The van der Waals surface area contributed by atoms with Gasteiger partial charge < -0.3 is 4.90 Å². The number of hydrogen-bond donors (Lipinski definition) is 1. The molecular formula is C15H22N2O3S. The molecule has 0 radical (unpaired) electrons. The number of carbonyl (C=O) groups excluding carboxylic acids is 1. The van der Waals surface area contributed by atoms with Crippen molar-refractivity contribution in [2.45, 2.75) is 37.5 Å². The van der Waals surface area contributed by atoms with Crippen molar-refractivity contribution in [3.63, 3.8) is 0 Å². The van der Waals surface area contributed by atoms with Gasteiger partial charge in [0.05, 0.1) is 11.4 Å². The standard InChI is InChI=1S/C15H22N2O3S/c1-13-7-6-8-14(11-13)21(19,20)16-12-15(18)17-9-4-2-3-5-10-17/h6-8,11,16H,2-5,9-10,12H2,1H3. The van der Waals surface area contributed by atoms with Crippen LogP contribution in [0.3, 0.4) is 0 Å². The van der Waals surface area contributed by atoms with Gasteiger partial charge in [-0.3, -0.25) is 4.79 Å². The summed E-state index contributed by atoms with van der Waals surface area (Å²) >= 11 is 0. The van der Waals surface area contributed by atoms with E-state index >= 15 is 0 Å². The number of aryl methyl sites for hydroxylation is 1. The molecule has 0 unspecified atom stereocenters. The Labute approximate surface area is 126 Å². The monoisotopic (exact) mass is 310 g/mol. The van der Waals surface area contributed by atoms with E-state index in [9.17, 15) is 13.2 Å². The Kier molecular flexibility index (Phi) is 5.36. The molecule has 0 aromatic heterocycles. The highest BCUT2D eigenvalue weighted by Crippen LogP contribution is 2.12. The van der Waals surface area contributed by atoms with Gasteiger partial charge in [0.2, 0.25) is 15.9 Å². The summed E-state index contributed by atoms with van der Waals surface area (Å²) in [6, 6.07) is 6.66. The summed E-state index contributed by atoms with van der Waals surface area (Å²) in [6.45, 7) is 3.12. The van der Waals surface area contributed by atoms with Crippen molar-refractivity contribution in [2.24, 2.45) is 0 Å². The molecular weight excluding hydrogens is 288 g/mol. The quantitative estimate of drug-likeness (QED) is 0.920. The maximum Gasteiger partial charge on any atom is 0.241 e. The minimum Gasteiger partial charge on any atom is -0.342 e. The third-order valence-electron chi connectivity index (χ3n) is 3.67. The van der Waals surface area contributed by atoms with Crippen molar-refractivity contribution in [1.82, 2.24) is 9.62 Å². The first-order valence-corrected chi connectivity index (χ1v) is 8.81. The Morgan fingerprint density at radius 2 is 1.86 bits per heavy atom. The van der Waals surface area contributed by atoms with E-state index in [4.69, 9.17) is 0 Å². The van der Waals surface area contributed by atoms with Crippen LogP contribution in [0.4, 0.5) is 0 Å². The van der Waals surface area contributed by atoms with Crippen LogP contribution in [-0.4, -0.2) is 38.9 Å². The Hall–Kier alpha value is -1.40. The van der Waals surface area contributed by atoms with E-state index in [0.29, 0.717) is 0 Å². The molecule has 1 fully saturated rings. The lowest BCUT2D eigenvalue weighted by atomic mass is 10.2. The van der Waals surface area contributed by atoms with Crippen molar-refractivity contribution in [3.8, 4) is 0 Å². The molecule has 2 rings (SSSR count).